The first-order valence-electron chi connectivity index (χ1n) is 11.2. The summed E-state index contributed by atoms with van der Waals surface area (Å²) in [6.45, 7) is 7.83. The van der Waals surface area contributed by atoms with Crippen molar-refractivity contribution >= 4 is 21.6 Å². The minimum absolute atomic E-state index is 0.0722. The average Bonchev–Trinajstić information content (AvgIpc) is 3.29. The van der Waals surface area contributed by atoms with Crippen LogP contribution in [0, 0.1) is 13.8 Å². The molecule has 33 heavy (non-hydrogen) atoms. The number of rotatable bonds is 6. The largest absolute Gasteiger partial charge is 0.339 e. The Bertz CT molecular complexity index is 1240. The van der Waals surface area contributed by atoms with Gasteiger partial charge in [0.05, 0.1) is 4.90 Å². The van der Waals surface area contributed by atoms with Gasteiger partial charge >= 0.3 is 0 Å². The molecule has 0 saturated carbocycles. The van der Waals surface area contributed by atoms with Crippen LogP contribution in [0.3, 0.4) is 0 Å². The van der Waals surface area contributed by atoms with Crippen molar-refractivity contribution in [3.05, 3.63) is 71.3 Å². The number of aromatic nitrogens is 3. The van der Waals surface area contributed by atoms with Crippen LogP contribution in [0.4, 0.5) is 5.69 Å². The van der Waals surface area contributed by atoms with Crippen molar-refractivity contribution < 1.29 is 13.2 Å². The maximum absolute atomic E-state index is 13.3. The van der Waals surface area contributed by atoms with Gasteiger partial charge in [-0.15, -0.1) is 10.2 Å². The molecule has 0 unspecified atom stereocenters. The number of sulfonamides is 1. The summed E-state index contributed by atoms with van der Waals surface area (Å²) in [6, 6.07) is 11.8. The lowest BCUT2D eigenvalue weighted by atomic mass is 9.95. The zero-order chi connectivity index (χ0) is 23.6. The highest BCUT2D eigenvalue weighted by molar-refractivity contribution is 7.92. The predicted octanol–water partition coefficient (Wildman–Crippen LogP) is 3.74. The Morgan fingerprint density at radius 3 is 2.45 bits per heavy atom. The Morgan fingerprint density at radius 1 is 1.09 bits per heavy atom. The maximum atomic E-state index is 13.3. The van der Waals surface area contributed by atoms with Crippen LogP contribution in [0.1, 0.15) is 53.0 Å². The molecule has 1 N–H and O–H groups in total. The fraction of sp³-hybridized carbons (Fsp3) is 0.375. The van der Waals surface area contributed by atoms with Gasteiger partial charge in [-0.25, -0.2) is 8.42 Å². The molecule has 2 heterocycles. The molecule has 0 atom stereocenters. The van der Waals surface area contributed by atoms with Crippen molar-refractivity contribution in [1.82, 2.24) is 19.7 Å². The first-order chi connectivity index (χ1) is 15.8. The van der Waals surface area contributed by atoms with Gasteiger partial charge in [-0.05, 0) is 63.4 Å². The number of nitrogens with zero attached hydrogens (tertiary/aromatic N) is 4. The third-order valence-electron chi connectivity index (χ3n) is 6.19. The van der Waals surface area contributed by atoms with Crippen molar-refractivity contribution in [1.29, 1.82) is 0 Å². The molecule has 2 aromatic carbocycles. The molecule has 3 aromatic rings. The van der Waals surface area contributed by atoms with E-state index in [0.29, 0.717) is 24.3 Å². The first kappa shape index (κ1) is 23.0. The molecule has 9 heteroatoms. The van der Waals surface area contributed by atoms with Gasteiger partial charge in [0.2, 0.25) is 0 Å². The molecule has 4 rings (SSSR count). The number of nitrogens with one attached hydrogen (secondary N) is 1. The van der Waals surface area contributed by atoms with Gasteiger partial charge in [0.25, 0.3) is 15.9 Å². The van der Waals surface area contributed by atoms with E-state index in [2.05, 4.69) is 21.8 Å². The topological polar surface area (TPSA) is 97.2 Å². The molecule has 1 aliphatic rings. The van der Waals surface area contributed by atoms with Crippen LogP contribution in [0.5, 0.6) is 0 Å². The number of carbonyl (C=O) groups excluding carboxylic acids is 1. The number of benzene rings is 2. The third kappa shape index (κ3) is 4.93. The van der Waals surface area contributed by atoms with Crippen molar-refractivity contribution in [2.75, 3.05) is 17.8 Å². The standard InChI is InChI=1S/C24H29N5O3S/c1-4-28-16-25-26-23(28)19-11-13-29(14-12-19)24(30)22-15-21(10-7-18(22)3)33(31,32)27-20-8-5-17(2)6-9-20/h5-10,15-16,19,27H,4,11-14H2,1-3H3. The molecule has 174 valence electrons. The lowest BCUT2D eigenvalue weighted by molar-refractivity contribution is 0.0709. The summed E-state index contributed by atoms with van der Waals surface area (Å²) in [5, 5.41) is 8.28. The van der Waals surface area contributed by atoms with E-state index in [1.807, 2.05) is 30.5 Å². The third-order valence-corrected chi connectivity index (χ3v) is 7.57. The lowest BCUT2D eigenvalue weighted by Gasteiger charge is -2.32. The van der Waals surface area contributed by atoms with Crippen LogP contribution < -0.4 is 4.72 Å². The highest BCUT2D eigenvalue weighted by Gasteiger charge is 2.28. The van der Waals surface area contributed by atoms with E-state index >= 15 is 0 Å². The molecular formula is C24H29N5O3S. The lowest BCUT2D eigenvalue weighted by Crippen LogP contribution is -2.38. The highest BCUT2D eigenvalue weighted by atomic mass is 32.2. The number of piperidine rings is 1. The molecule has 0 aliphatic carbocycles. The van der Waals surface area contributed by atoms with Crippen molar-refractivity contribution in [3.8, 4) is 0 Å². The molecule has 0 spiro atoms. The van der Waals surface area contributed by atoms with Gasteiger partial charge in [0.1, 0.15) is 12.2 Å². The average molecular weight is 468 g/mol. The van der Waals surface area contributed by atoms with Gasteiger partial charge in [0.15, 0.2) is 0 Å². The molecular weight excluding hydrogens is 438 g/mol. The Morgan fingerprint density at radius 2 is 1.79 bits per heavy atom. The van der Waals surface area contributed by atoms with Crippen molar-refractivity contribution in [3.63, 3.8) is 0 Å². The molecule has 1 fully saturated rings. The molecule has 1 amide bonds. The molecule has 1 aliphatic heterocycles. The second kappa shape index (κ2) is 9.35. The number of hydrogen-bond donors (Lipinski definition) is 1. The fourth-order valence-electron chi connectivity index (χ4n) is 4.17. The van der Waals surface area contributed by atoms with Gasteiger partial charge in [0, 0.05) is 36.8 Å². The van der Waals surface area contributed by atoms with E-state index in [9.17, 15) is 13.2 Å². The maximum Gasteiger partial charge on any atom is 0.261 e. The molecule has 1 aromatic heterocycles. The zero-order valence-corrected chi connectivity index (χ0v) is 20.0. The molecule has 0 radical (unpaired) electrons. The van der Waals surface area contributed by atoms with E-state index in [1.165, 1.54) is 12.1 Å². The number of carbonyl (C=O) groups is 1. The van der Waals surface area contributed by atoms with Crippen LogP contribution in [0.25, 0.3) is 0 Å². The Hall–Kier alpha value is -3.20. The SMILES string of the molecule is CCn1cnnc1C1CCN(C(=O)c2cc(S(=O)(=O)Nc3ccc(C)cc3)ccc2C)CC1. The van der Waals surface area contributed by atoms with E-state index in [4.69, 9.17) is 0 Å². The minimum atomic E-state index is -3.81. The summed E-state index contributed by atoms with van der Waals surface area (Å²) in [7, 11) is -3.81. The van der Waals surface area contributed by atoms with Crippen LogP contribution in [-0.2, 0) is 16.6 Å². The highest BCUT2D eigenvalue weighted by Crippen LogP contribution is 2.28. The van der Waals surface area contributed by atoms with Gasteiger partial charge in [-0.2, -0.15) is 0 Å². The molecule has 8 nitrogen and oxygen atoms in total. The summed E-state index contributed by atoms with van der Waals surface area (Å²) in [5.41, 5.74) is 2.69. The number of anilines is 1. The minimum Gasteiger partial charge on any atom is -0.339 e. The normalized spacial score (nSPS) is 14.9. The molecule has 0 bridgehead atoms. The molecule has 1 saturated heterocycles. The summed E-state index contributed by atoms with van der Waals surface area (Å²) >= 11 is 0. The Balaban J connectivity index is 1.49. The van der Waals surface area contributed by atoms with E-state index in [1.54, 1.807) is 29.4 Å². The number of likely N-dealkylation sites (tertiary alicyclic amines) is 1. The Kier molecular flexibility index (Phi) is 6.51. The zero-order valence-electron chi connectivity index (χ0n) is 19.2. The van der Waals surface area contributed by atoms with E-state index in [0.717, 1.165) is 36.3 Å². The summed E-state index contributed by atoms with van der Waals surface area (Å²) in [5.74, 6) is 1.09. The fourth-order valence-corrected chi connectivity index (χ4v) is 5.25. The van der Waals surface area contributed by atoms with Gasteiger partial charge < -0.3 is 9.47 Å². The second-order valence-corrected chi connectivity index (χ2v) is 10.2. The summed E-state index contributed by atoms with van der Waals surface area (Å²) in [6.07, 6.45) is 3.35. The monoisotopic (exact) mass is 467 g/mol. The Labute approximate surface area is 194 Å². The number of amides is 1. The quantitative estimate of drug-likeness (QED) is 0.596. The second-order valence-electron chi connectivity index (χ2n) is 8.49. The number of hydrogen-bond acceptors (Lipinski definition) is 5. The van der Waals surface area contributed by atoms with Crippen LogP contribution in [0.15, 0.2) is 53.7 Å². The summed E-state index contributed by atoms with van der Waals surface area (Å²) in [4.78, 5) is 15.2. The van der Waals surface area contributed by atoms with Gasteiger partial charge in [-0.3, -0.25) is 9.52 Å². The van der Waals surface area contributed by atoms with Crippen molar-refractivity contribution in [2.24, 2.45) is 0 Å². The van der Waals surface area contributed by atoms with Gasteiger partial charge in [-0.1, -0.05) is 23.8 Å². The van der Waals surface area contributed by atoms with Crippen molar-refractivity contribution in [2.45, 2.75) is 51.0 Å². The smallest absolute Gasteiger partial charge is 0.261 e. The van der Waals surface area contributed by atoms with E-state index < -0.39 is 10.0 Å². The van der Waals surface area contributed by atoms with E-state index in [-0.39, 0.29) is 16.7 Å². The van der Waals surface area contributed by atoms with Crippen LogP contribution in [-0.4, -0.2) is 47.1 Å². The summed E-state index contributed by atoms with van der Waals surface area (Å²) < 4.78 is 30.5. The predicted molar refractivity (Wildman–Crippen MR) is 127 cm³/mol. The number of aryl methyl sites for hydroxylation is 3. The van der Waals surface area contributed by atoms with Crippen LogP contribution in [0.2, 0.25) is 0 Å². The van der Waals surface area contributed by atoms with Crippen LogP contribution >= 0.6 is 0 Å². The first-order valence-corrected chi connectivity index (χ1v) is 12.6.